The van der Waals surface area contributed by atoms with Crippen LogP contribution in [-0.2, 0) is 11.3 Å². The second kappa shape index (κ2) is 4.35. The number of hydrogen-bond acceptors (Lipinski definition) is 4. The molecule has 0 bridgehead atoms. The van der Waals surface area contributed by atoms with Gasteiger partial charge in [0.2, 0.25) is 0 Å². The Morgan fingerprint density at radius 1 is 1.39 bits per heavy atom. The number of aromatic nitrogens is 3. The van der Waals surface area contributed by atoms with Crippen LogP contribution in [0, 0.1) is 0 Å². The number of carboxylic acids is 1. The smallest absolute Gasteiger partial charge is 0.314 e. The van der Waals surface area contributed by atoms with Gasteiger partial charge >= 0.3 is 5.97 Å². The summed E-state index contributed by atoms with van der Waals surface area (Å²) in [5.41, 5.74) is 0. The zero-order chi connectivity index (χ0) is 12.7. The minimum Gasteiger partial charge on any atom is -0.481 e. The molecule has 0 aromatic carbocycles. The van der Waals surface area contributed by atoms with E-state index in [0.717, 1.165) is 38.3 Å². The van der Waals surface area contributed by atoms with Crippen molar-refractivity contribution in [1.29, 1.82) is 0 Å². The quantitative estimate of drug-likeness (QED) is 0.835. The van der Waals surface area contributed by atoms with Crippen molar-refractivity contribution in [2.24, 2.45) is 0 Å². The fourth-order valence-electron chi connectivity index (χ4n) is 2.92. The first-order valence-corrected chi connectivity index (χ1v) is 6.51. The van der Waals surface area contributed by atoms with Crippen LogP contribution in [0.1, 0.15) is 42.7 Å². The summed E-state index contributed by atoms with van der Waals surface area (Å²) in [5, 5.41) is 13.7. The normalized spacial score (nSPS) is 28.3. The molecule has 0 saturated carbocycles. The minimum atomic E-state index is -0.779. The maximum absolute atomic E-state index is 11.2. The topological polar surface area (TPSA) is 71.2 Å². The summed E-state index contributed by atoms with van der Waals surface area (Å²) in [6, 6.07) is 0. The number of fused-ring (bicyclic) bond motifs is 1. The van der Waals surface area contributed by atoms with E-state index < -0.39 is 11.9 Å². The summed E-state index contributed by atoms with van der Waals surface area (Å²) in [6.45, 7) is 2.84. The van der Waals surface area contributed by atoms with Gasteiger partial charge in [-0.1, -0.05) is 0 Å². The highest BCUT2D eigenvalue weighted by Gasteiger charge is 2.32. The van der Waals surface area contributed by atoms with Gasteiger partial charge in [-0.25, -0.2) is 9.67 Å². The first-order chi connectivity index (χ1) is 8.65. The van der Waals surface area contributed by atoms with E-state index in [1.807, 2.05) is 0 Å². The third-order valence-corrected chi connectivity index (χ3v) is 3.95. The first-order valence-electron chi connectivity index (χ1n) is 6.51. The highest BCUT2D eigenvalue weighted by molar-refractivity contribution is 5.75. The molecule has 98 valence electrons. The second-order valence-corrected chi connectivity index (χ2v) is 5.33. The Kier molecular flexibility index (Phi) is 2.81. The zero-order valence-electron chi connectivity index (χ0n) is 10.5. The summed E-state index contributed by atoms with van der Waals surface area (Å²) in [6.07, 6.45) is 2.62. The molecule has 1 fully saturated rings. The molecule has 0 aliphatic carbocycles. The molecule has 0 spiro atoms. The summed E-state index contributed by atoms with van der Waals surface area (Å²) in [7, 11) is 2.09. The van der Waals surface area contributed by atoms with Crippen molar-refractivity contribution in [2.45, 2.75) is 37.6 Å². The van der Waals surface area contributed by atoms with Crippen molar-refractivity contribution in [2.75, 3.05) is 20.1 Å². The maximum Gasteiger partial charge on any atom is 0.314 e. The molecular weight excluding hydrogens is 232 g/mol. The predicted molar refractivity (Wildman–Crippen MR) is 64.5 cm³/mol. The molecule has 2 atom stereocenters. The van der Waals surface area contributed by atoms with Gasteiger partial charge < -0.3 is 10.0 Å². The lowest BCUT2D eigenvalue weighted by Gasteiger charge is -2.17. The Morgan fingerprint density at radius 3 is 2.89 bits per heavy atom. The van der Waals surface area contributed by atoms with Crippen LogP contribution in [0.15, 0.2) is 0 Å². The number of hydrogen-bond donors (Lipinski definition) is 1. The van der Waals surface area contributed by atoms with E-state index in [-0.39, 0.29) is 0 Å². The highest BCUT2D eigenvalue weighted by atomic mass is 16.4. The lowest BCUT2D eigenvalue weighted by Crippen LogP contribution is -2.22. The monoisotopic (exact) mass is 250 g/mol. The van der Waals surface area contributed by atoms with Crippen molar-refractivity contribution in [3.05, 3.63) is 11.6 Å². The molecular formula is C12H18N4O2. The largest absolute Gasteiger partial charge is 0.481 e. The van der Waals surface area contributed by atoms with Crippen LogP contribution in [0.4, 0.5) is 0 Å². The van der Waals surface area contributed by atoms with Gasteiger partial charge in [-0.15, -0.1) is 0 Å². The Hall–Kier alpha value is -1.43. The van der Waals surface area contributed by atoms with Crippen LogP contribution in [0.3, 0.4) is 0 Å². The number of likely N-dealkylation sites (tertiary alicyclic amines) is 1. The van der Waals surface area contributed by atoms with E-state index in [1.165, 1.54) is 0 Å². The standard InChI is InChI=1S/C12H18N4O2/c1-15-6-4-8(7-15)10-13-11-9(12(17)18)3-2-5-16(11)14-10/h8-9H,2-7H2,1H3,(H,17,18). The average molecular weight is 250 g/mol. The molecule has 2 aliphatic rings. The van der Waals surface area contributed by atoms with Gasteiger partial charge in [0.25, 0.3) is 0 Å². The Morgan fingerprint density at radius 2 is 2.22 bits per heavy atom. The molecule has 3 heterocycles. The number of carbonyl (C=O) groups is 1. The molecule has 0 amide bonds. The minimum absolute atomic E-state index is 0.363. The Labute approximate surface area is 106 Å². The predicted octanol–water partition coefficient (Wildman–Crippen LogP) is 0.659. The molecule has 3 rings (SSSR count). The number of aliphatic carboxylic acids is 1. The van der Waals surface area contributed by atoms with Crippen LogP contribution in [0.5, 0.6) is 0 Å². The van der Waals surface area contributed by atoms with Gasteiger partial charge in [-0.3, -0.25) is 4.79 Å². The fourth-order valence-corrected chi connectivity index (χ4v) is 2.92. The van der Waals surface area contributed by atoms with E-state index in [1.54, 1.807) is 4.68 Å². The van der Waals surface area contributed by atoms with Gasteiger partial charge in [0.05, 0.1) is 0 Å². The molecule has 1 aromatic rings. The number of nitrogens with zero attached hydrogens (tertiary/aromatic N) is 4. The Balaban J connectivity index is 1.89. The van der Waals surface area contributed by atoms with Crippen molar-refractivity contribution in [3.8, 4) is 0 Å². The number of carboxylic acid groups (broad SMARTS) is 1. The molecule has 1 N–H and O–H groups in total. The SMILES string of the molecule is CN1CCC(c2nc3n(n2)CCCC3C(=O)O)C1. The van der Waals surface area contributed by atoms with Gasteiger partial charge in [-0.05, 0) is 32.9 Å². The Bertz CT molecular complexity index is 471. The van der Waals surface area contributed by atoms with Gasteiger partial charge in [0.15, 0.2) is 5.82 Å². The van der Waals surface area contributed by atoms with E-state index >= 15 is 0 Å². The third-order valence-electron chi connectivity index (χ3n) is 3.95. The van der Waals surface area contributed by atoms with E-state index in [4.69, 9.17) is 0 Å². The third kappa shape index (κ3) is 1.90. The second-order valence-electron chi connectivity index (χ2n) is 5.33. The van der Waals surface area contributed by atoms with Crippen LogP contribution < -0.4 is 0 Å². The number of aryl methyl sites for hydroxylation is 1. The molecule has 2 aliphatic heterocycles. The molecule has 6 heteroatoms. The molecule has 1 saturated heterocycles. The lowest BCUT2D eigenvalue weighted by atomic mass is 9.99. The molecule has 2 unspecified atom stereocenters. The van der Waals surface area contributed by atoms with E-state index in [9.17, 15) is 9.90 Å². The van der Waals surface area contributed by atoms with Crippen molar-refractivity contribution in [3.63, 3.8) is 0 Å². The summed E-state index contributed by atoms with van der Waals surface area (Å²) >= 11 is 0. The van der Waals surface area contributed by atoms with Gasteiger partial charge in [0.1, 0.15) is 11.7 Å². The summed E-state index contributed by atoms with van der Waals surface area (Å²) in [4.78, 5) is 18.0. The van der Waals surface area contributed by atoms with Crippen LogP contribution in [0.2, 0.25) is 0 Å². The van der Waals surface area contributed by atoms with Crippen LogP contribution in [0.25, 0.3) is 0 Å². The maximum atomic E-state index is 11.2. The fraction of sp³-hybridized carbons (Fsp3) is 0.750. The van der Waals surface area contributed by atoms with Crippen molar-refractivity contribution >= 4 is 5.97 Å². The molecule has 6 nitrogen and oxygen atoms in total. The first kappa shape index (κ1) is 11.6. The van der Waals surface area contributed by atoms with Gasteiger partial charge in [-0.2, -0.15) is 5.10 Å². The number of rotatable bonds is 2. The average Bonchev–Trinajstić information content (AvgIpc) is 2.93. The number of likely N-dealkylation sites (N-methyl/N-ethyl adjacent to an activating group) is 1. The summed E-state index contributed by atoms with van der Waals surface area (Å²) in [5.74, 6) is 0.598. The molecule has 18 heavy (non-hydrogen) atoms. The molecule has 0 radical (unpaired) electrons. The van der Waals surface area contributed by atoms with Crippen LogP contribution in [-0.4, -0.2) is 50.9 Å². The zero-order valence-corrected chi connectivity index (χ0v) is 10.5. The molecule has 1 aromatic heterocycles. The van der Waals surface area contributed by atoms with E-state index in [0.29, 0.717) is 18.2 Å². The van der Waals surface area contributed by atoms with Crippen molar-refractivity contribution in [1.82, 2.24) is 19.7 Å². The summed E-state index contributed by atoms with van der Waals surface area (Å²) < 4.78 is 1.80. The van der Waals surface area contributed by atoms with Crippen LogP contribution >= 0.6 is 0 Å². The van der Waals surface area contributed by atoms with Crippen molar-refractivity contribution < 1.29 is 9.90 Å². The van der Waals surface area contributed by atoms with E-state index in [2.05, 4.69) is 22.0 Å². The lowest BCUT2D eigenvalue weighted by molar-refractivity contribution is -0.139. The van der Waals surface area contributed by atoms with Gasteiger partial charge in [0, 0.05) is 19.0 Å². The highest BCUT2D eigenvalue weighted by Crippen LogP contribution is 2.29.